The summed E-state index contributed by atoms with van der Waals surface area (Å²) >= 11 is 3.25. The van der Waals surface area contributed by atoms with Gasteiger partial charge in [-0.1, -0.05) is 11.8 Å². The number of hydrogen-bond acceptors (Lipinski definition) is 3. The topological polar surface area (TPSA) is 20.2 Å². The molecule has 0 spiro atoms. The van der Waals surface area contributed by atoms with Crippen molar-refractivity contribution in [1.29, 1.82) is 0 Å². The first-order valence-electron chi connectivity index (χ1n) is 4.66. The summed E-state index contributed by atoms with van der Waals surface area (Å²) in [7, 11) is 0. The lowest BCUT2D eigenvalue weighted by atomic mass is 9.98. The summed E-state index contributed by atoms with van der Waals surface area (Å²) in [6, 6.07) is 0. The first kappa shape index (κ1) is 9.17. The van der Waals surface area contributed by atoms with E-state index in [9.17, 15) is 5.11 Å². The lowest BCUT2D eigenvalue weighted by Gasteiger charge is -2.11. The molecule has 1 N–H and O–H groups in total. The van der Waals surface area contributed by atoms with Gasteiger partial charge in [0.1, 0.15) is 0 Å². The van der Waals surface area contributed by atoms with E-state index in [1.165, 1.54) is 0 Å². The maximum Gasteiger partial charge on any atom is 0.0851 e. The van der Waals surface area contributed by atoms with Crippen LogP contribution in [0.1, 0.15) is 28.4 Å². The molecular formula is C12H8OS2. The Morgan fingerprint density at radius 1 is 1.07 bits per heavy atom. The lowest BCUT2D eigenvalue weighted by Crippen LogP contribution is -2.04. The highest BCUT2D eigenvalue weighted by Crippen LogP contribution is 2.28. The molecule has 0 aliphatic heterocycles. The van der Waals surface area contributed by atoms with E-state index in [0.29, 0.717) is 6.42 Å². The molecule has 3 heteroatoms. The van der Waals surface area contributed by atoms with Gasteiger partial charge in [-0.05, 0) is 16.3 Å². The number of aliphatic hydroxyl groups excluding tert-OH is 1. The third-order valence-corrected chi connectivity index (χ3v) is 4.09. The van der Waals surface area contributed by atoms with Gasteiger partial charge in [-0.3, -0.25) is 0 Å². The van der Waals surface area contributed by atoms with Crippen molar-refractivity contribution in [3.63, 3.8) is 0 Å². The molecule has 2 aromatic heterocycles. The Morgan fingerprint density at radius 2 is 1.80 bits per heavy atom. The molecule has 0 fully saturated rings. The van der Waals surface area contributed by atoms with Gasteiger partial charge in [-0.25, -0.2) is 0 Å². The van der Waals surface area contributed by atoms with Gasteiger partial charge in [0.15, 0.2) is 0 Å². The van der Waals surface area contributed by atoms with E-state index < -0.39 is 6.10 Å². The minimum absolute atomic E-state index is 0.408. The molecule has 1 aliphatic carbocycles. The Morgan fingerprint density at radius 3 is 2.73 bits per heavy atom. The molecule has 1 unspecified atom stereocenters. The van der Waals surface area contributed by atoms with Gasteiger partial charge < -0.3 is 5.11 Å². The summed E-state index contributed by atoms with van der Waals surface area (Å²) in [5.74, 6) is 6.29. The molecule has 0 saturated carbocycles. The minimum atomic E-state index is -0.408. The summed E-state index contributed by atoms with van der Waals surface area (Å²) < 4.78 is 0. The number of aliphatic hydroxyl groups is 1. The second-order valence-electron chi connectivity index (χ2n) is 3.52. The molecule has 0 radical (unpaired) electrons. The highest BCUT2D eigenvalue weighted by atomic mass is 32.1. The number of hydrogen-bond donors (Lipinski definition) is 1. The first-order chi connectivity index (χ1) is 7.34. The van der Waals surface area contributed by atoms with E-state index in [0.717, 1.165) is 22.3 Å². The molecule has 1 atom stereocenters. The zero-order chi connectivity index (χ0) is 10.3. The molecule has 2 heterocycles. The van der Waals surface area contributed by atoms with E-state index in [4.69, 9.17) is 0 Å². The highest BCUT2D eigenvalue weighted by Gasteiger charge is 2.17. The van der Waals surface area contributed by atoms with Crippen LogP contribution in [0, 0.1) is 11.8 Å². The molecular weight excluding hydrogens is 224 g/mol. The Hall–Kier alpha value is -1.08. The predicted octanol–water partition coefficient (Wildman–Crippen LogP) is 2.80. The Labute approximate surface area is 96.0 Å². The average molecular weight is 232 g/mol. The zero-order valence-electron chi connectivity index (χ0n) is 7.86. The van der Waals surface area contributed by atoms with Gasteiger partial charge in [0, 0.05) is 33.9 Å². The fourth-order valence-electron chi connectivity index (χ4n) is 1.71. The van der Waals surface area contributed by atoms with Crippen LogP contribution in [0.2, 0.25) is 0 Å². The van der Waals surface area contributed by atoms with Crippen molar-refractivity contribution in [3.8, 4) is 11.8 Å². The van der Waals surface area contributed by atoms with Crippen molar-refractivity contribution in [2.45, 2.75) is 12.5 Å². The van der Waals surface area contributed by atoms with Crippen LogP contribution in [0.3, 0.4) is 0 Å². The summed E-state index contributed by atoms with van der Waals surface area (Å²) in [5, 5.41) is 18.2. The molecule has 0 saturated heterocycles. The average Bonchev–Trinajstić information content (AvgIpc) is 2.81. The van der Waals surface area contributed by atoms with Crippen LogP contribution in [0.15, 0.2) is 21.5 Å². The first-order valence-corrected chi connectivity index (χ1v) is 6.54. The zero-order valence-corrected chi connectivity index (χ0v) is 9.49. The Kier molecular flexibility index (Phi) is 2.14. The molecule has 3 rings (SSSR count). The largest absolute Gasteiger partial charge is 0.388 e. The second kappa shape index (κ2) is 3.49. The summed E-state index contributed by atoms with van der Waals surface area (Å²) in [6.45, 7) is 0. The Bertz CT molecular complexity index is 553. The van der Waals surface area contributed by atoms with Gasteiger partial charge in [0.25, 0.3) is 0 Å². The quantitative estimate of drug-likeness (QED) is 0.692. The van der Waals surface area contributed by atoms with E-state index in [1.807, 2.05) is 16.1 Å². The van der Waals surface area contributed by atoms with Crippen molar-refractivity contribution in [2.75, 3.05) is 0 Å². The molecule has 1 nitrogen and oxygen atoms in total. The molecule has 2 aromatic rings. The van der Waals surface area contributed by atoms with Crippen LogP contribution in [0.5, 0.6) is 0 Å². The van der Waals surface area contributed by atoms with Crippen LogP contribution in [-0.4, -0.2) is 5.11 Å². The van der Waals surface area contributed by atoms with Crippen molar-refractivity contribution < 1.29 is 5.11 Å². The van der Waals surface area contributed by atoms with Gasteiger partial charge in [-0.15, -0.1) is 0 Å². The van der Waals surface area contributed by atoms with Gasteiger partial charge in [-0.2, -0.15) is 22.7 Å². The fourth-order valence-corrected chi connectivity index (χ4v) is 3.34. The van der Waals surface area contributed by atoms with Gasteiger partial charge in [0.2, 0.25) is 0 Å². The maximum absolute atomic E-state index is 10.1. The molecule has 74 valence electrons. The fraction of sp³-hybridized carbons (Fsp3) is 0.167. The van der Waals surface area contributed by atoms with Gasteiger partial charge in [0.05, 0.1) is 6.10 Å². The Balaban J connectivity index is 2.19. The van der Waals surface area contributed by atoms with E-state index >= 15 is 0 Å². The smallest absolute Gasteiger partial charge is 0.0851 e. The van der Waals surface area contributed by atoms with Crippen LogP contribution < -0.4 is 0 Å². The van der Waals surface area contributed by atoms with E-state index in [1.54, 1.807) is 22.7 Å². The van der Waals surface area contributed by atoms with Crippen molar-refractivity contribution >= 4 is 22.7 Å². The van der Waals surface area contributed by atoms with Crippen LogP contribution in [-0.2, 0) is 6.42 Å². The van der Waals surface area contributed by atoms with Gasteiger partial charge >= 0.3 is 0 Å². The molecule has 0 aromatic carbocycles. The van der Waals surface area contributed by atoms with Crippen molar-refractivity contribution in [2.24, 2.45) is 0 Å². The van der Waals surface area contributed by atoms with E-state index in [2.05, 4.69) is 17.2 Å². The summed E-state index contributed by atoms with van der Waals surface area (Å²) in [5.41, 5.74) is 4.18. The lowest BCUT2D eigenvalue weighted by molar-refractivity contribution is 0.178. The monoisotopic (exact) mass is 232 g/mol. The normalized spacial score (nSPS) is 18.1. The molecule has 0 amide bonds. The van der Waals surface area contributed by atoms with E-state index in [-0.39, 0.29) is 0 Å². The van der Waals surface area contributed by atoms with Crippen LogP contribution >= 0.6 is 22.7 Å². The number of fused-ring (bicyclic) bond motifs is 2. The predicted molar refractivity (Wildman–Crippen MR) is 63.3 cm³/mol. The number of rotatable bonds is 0. The maximum atomic E-state index is 10.1. The highest BCUT2D eigenvalue weighted by molar-refractivity contribution is 7.08. The third-order valence-electron chi connectivity index (χ3n) is 2.54. The number of thiophene rings is 2. The summed E-state index contributed by atoms with van der Waals surface area (Å²) in [6.07, 6.45) is 0.270. The van der Waals surface area contributed by atoms with Crippen molar-refractivity contribution in [1.82, 2.24) is 0 Å². The summed E-state index contributed by atoms with van der Waals surface area (Å²) in [4.78, 5) is 0. The molecule has 1 aliphatic rings. The SMILES string of the molecule is OC1Cc2cscc2C#Cc2cscc21. The standard InChI is InChI=1S/C12H8OS2/c13-12-3-10-6-14-4-8(10)1-2-9-5-15-7-11(9)12/h4-7,12-13H,3H2. The second-order valence-corrected chi connectivity index (χ2v) is 5.01. The van der Waals surface area contributed by atoms with Crippen LogP contribution in [0.4, 0.5) is 0 Å². The minimum Gasteiger partial charge on any atom is -0.388 e. The third kappa shape index (κ3) is 1.51. The molecule has 0 bridgehead atoms. The van der Waals surface area contributed by atoms with Crippen LogP contribution in [0.25, 0.3) is 0 Å². The van der Waals surface area contributed by atoms with Crippen molar-refractivity contribution in [3.05, 3.63) is 43.8 Å². The molecule has 15 heavy (non-hydrogen) atoms.